The maximum atomic E-state index is 5.85. The van der Waals surface area contributed by atoms with E-state index >= 15 is 0 Å². The van der Waals surface area contributed by atoms with Gasteiger partial charge in [0.05, 0.1) is 13.2 Å². The van der Waals surface area contributed by atoms with E-state index in [1.165, 1.54) is 5.56 Å². The summed E-state index contributed by atoms with van der Waals surface area (Å²) in [5, 5.41) is 3.28. The molecule has 0 amide bonds. The summed E-state index contributed by atoms with van der Waals surface area (Å²) in [5.41, 5.74) is 3.36. The first-order chi connectivity index (χ1) is 13.8. The molecule has 3 rings (SSSR count). The van der Waals surface area contributed by atoms with Crippen LogP contribution >= 0.6 is 0 Å². The average Bonchev–Trinajstić information content (AvgIpc) is 2.77. The van der Waals surface area contributed by atoms with Crippen molar-refractivity contribution in [3.63, 3.8) is 0 Å². The van der Waals surface area contributed by atoms with Crippen molar-refractivity contribution in [2.75, 3.05) is 14.2 Å². The number of methoxy groups -OCH3 is 1. The highest BCUT2D eigenvalue weighted by Gasteiger charge is 2.04. The molecule has 0 aliphatic carbocycles. The molecule has 0 saturated heterocycles. The summed E-state index contributed by atoms with van der Waals surface area (Å²) >= 11 is 0. The van der Waals surface area contributed by atoms with Gasteiger partial charge in [0.1, 0.15) is 18.1 Å². The predicted molar refractivity (Wildman–Crippen MR) is 114 cm³/mol. The van der Waals surface area contributed by atoms with Crippen LogP contribution < -0.4 is 14.8 Å². The summed E-state index contributed by atoms with van der Waals surface area (Å²) in [5.74, 6) is 8.24. The lowest BCUT2D eigenvalue weighted by Gasteiger charge is -2.11. The molecule has 0 radical (unpaired) electrons. The van der Waals surface area contributed by atoms with Gasteiger partial charge in [-0.1, -0.05) is 54.3 Å². The van der Waals surface area contributed by atoms with Crippen LogP contribution in [0, 0.1) is 11.8 Å². The second-order valence-corrected chi connectivity index (χ2v) is 6.46. The predicted octanol–water partition coefficient (Wildman–Crippen LogP) is 4.46. The second-order valence-electron chi connectivity index (χ2n) is 6.46. The quantitative estimate of drug-likeness (QED) is 0.622. The van der Waals surface area contributed by atoms with Gasteiger partial charge in [0.25, 0.3) is 0 Å². The number of likely N-dealkylation sites (N-methyl/N-ethyl adjacent to an activating group) is 1. The Balaban J connectivity index is 1.56. The molecule has 0 spiro atoms. The van der Waals surface area contributed by atoms with Crippen LogP contribution in [0.25, 0.3) is 0 Å². The minimum atomic E-state index is 0.0817. The van der Waals surface area contributed by atoms with Crippen LogP contribution in [0.1, 0.15) is 16.7 Å². The third-order valence-corrected chi connectivity index (χ3v) is 4.44. The summed E-state index contributed by atoms with van der Waals surface area (Å²) in [6.07, 6.45) is 0.832. The standard InChI is InChI=1S/C25H25NO2/c1-26-23(13-8-20-9-14-24(27-2)15-10-20)18-21-11-16-25(17-12-21)28-19-22-6-4-3-5-7-22/h3-7,9-12,14-17,23,26H,18-19H2,1-2H3. The Morgan fingerprint density at radius 3 is 2.14 bits per heavy atom. The Hall–Kier alpha value is -3.22. The fourth-order valence-electron chi connectivity index (χ4n) is 2.77. The van der Waals surface area contributed by atoms with Crippen LogP contribution in [0.5, 0.6) is 11.5 Å². The Morgan fingerprint density at radius 1 is 0.821 bits per heavy atom. The van der Waals surface area contributed by atoms with Gasteiger partial charge in [0.2, 0.25) is 0 Å². The second kappa shape index (κ2) is 10.2. The van der Waals surface area contributed by atoms with Crippen molar-refractivity contribution in [3.8, 4) is 23.3 Å². The zero-order valence-corrected chi connectivity index (χ0v) is 16.3. The molecule has 0 aliphatic heterocycles. The molecular formula is C25H25NO2. The Morgan fingerprint density at radius 2 is 1.50 bits per heavy atom. The first-order valence-electron chi connectivity index (χ1n) is 9.35. The van der Waals surface area contributed by atoms with E-state index < -0.39 is 0 Å². The van der Waals surface area contributed by atoms with Gasteiger partial charge in [-0.25, -0.2) is 0 Å². The Bertz CT molecular complexity index is 907. The molecule has 0 saturated carbocycles. The van der Waals surface area contributed by atoms with Gasteiger partial charge in [0.15, 0.2) is 0 Å². The average molecular weight is 371 g/mol. The molecule has 1 unspecified atom stereocenters. The van der Waals surface area contributed by atoms with Crippen molar-refractivity contribution < 1.29 is 9.47 Å². The first-order valence-corrected chi connectivity index (χ1v) is 9.35. The molecule has 3 aromatic rings. The number of ether oxygens (including phenoxy) is 2. The highest BCUT2D eigenvalue weighted by molar-refractivity contribution is 5.39. The van der Waals surface area contributed by atoms with Gasteiger partial charge in [0, 0.05) is 5.56 Å². The Kier molecular flexibility index (Phi) is 7.12. The fraction of sp³-hybridized carbons (Fsp3) is 0.200. The molecule has 1 atom stereocenters. The van der Waals surface area contributed by atoms with Gasteiger partial charge in [-0.3, -0.25) is 0 Å². The molecule has 142 valence electrons. The molecule has 0 fully saturated rings. The summed E-state index contributed by atoms with van der Waals surface area (Å²) in [4.78, 5) is 0. The monoisotopic (exact) mass is 371 g/mol. The molecule has 0 bridgehead atoms. The number of hydrogen-bond donors (Lipinski definition) is 1. The van der Waals surface area contributed by atoms with Crippen LogP contribution in [0.3, 0.4) is 0 Å². The number of rotatable bonds is 7. The molecule has 3 heteroatoms. The normalized spacial score (nSPS) is 11.2. The number of hydrogen-bond acceptors (Lipinski definition) is 3. The maximum absolute atomic E-state index is 5.85. The van der Waals surface area contributed by atoms with E-state index in [2.05, 4.69) is 41.4 Å². The van der Waals surface area contributed by atoms with Crippen molar-refractivity contribution in [1.29, 1.82) is 0 Å². The zero-order valence-electron chi connectivity index (χ0n) is 16.3. The maximum Gasteiger partial charge on any atom is 0.119 e. The third-order valence-electron chi connectivity index (χ3n) is 4.44. The summed E-state index contributed by atoms with van der Waals surface area (Å²) in [6.45, 7) is 0.576. The third kappa shape index (κ3) is 5.90. The van der Waals surface area contributed by atoms with Crippen LogP contribution in [-0.4, -0.2) is 20.2 Å². The lowest BCUT2D eigenvalue weighted by molar-refractivity contribution is 0.306. The van der Waals surface area contributed by atoms with Crippen LogP contribution in [0.15, 0.2) is 78.9 Å². The highest BCUT2D eigenvalue weighted by Crippen LogP contribution is 2.15. The van der Waals surface area contributed by atoms with Gasteiger partial charge < -0.3 is 14.8 Å². The van der Waals surface area contributed by atoms with Gasteiger partial charge in [-0.05, 0) is 61.0 Å². The minimum Gasteiger partial charge on any atom is -0.497 e. The molecule has 3 aromatic carbocycles. The van der Waals surface area contributed by atoms with E-state index in [4.69, 9.17) is 9.47 Å². The number of nitrogens with one attached hydrogen (secondary N) is 1. The molecule has 0 aromatic heterocycles. The summed E-state index contributed by atoms with van der Waals surface area (Å²) in [7, 11) is 3.60. The van der Waals surface area contributed by atoms with Gasteiger partial charge in [-0.15, -0.1) is 0 Å². The topological polar surface area (TPSA) is 30.5 Å². The van der Waals surface area contributed by atoms with E-state index in [1.54, 1.807) is 7.11 Å². The Labute approximate surface area is 167 Å². The highest BCUT2D eigenvalue weighted by atomic mass is 16.5. The minimum absolute atomic E-state index is 0.0817. The lowest BCUT2D eigenvalue weighted by atomic mass is 10.1. The van der Waals surface area contributed by atoms with Crippen LogP contribution in [0.4, 0.5) is 0 Å². The smallest absolute Gasteiger partial charge is 0.119 e. The van der Waals surface area contributed by atoms with Crippen molar-refractivity contribution in [2.45, 2.75) is 19.1 Å². The molecule has 1 N–H and O–H groups in total. The fourth-order valence-corrected chi connectivity index (χ4v) is 2.77. The van der Waals surface area contributed by atoms with Crippen molar-refractivity contribution in [3.05, 3.63) is 95.6 Å². The van der Waals surface area contributed by atoms with Crippen molar-refractivity contribution >= 4 is 0 Å². The molecule has 28 heavy (non-hydrogen) atoms. The van der Waals surface area contributed by atoms with E-state index in [1.807, 2.05) is 61.6 Å². The largest absolute Gasteiger partial charge is 0.497 e. The summed E-state index contributed by atoms with van der Waals surface area (Å²) in [6, 6.07) is 26.3. The van der Waals surface area contributed by atoms with E-state index in [0.29, 0.717) is 6.61 Å². The van der Waals surface area contributed by atoms with Crippen molar-refractivity contribution in [1.82, 2.24) is 5.32 Å². The molecule has 0 heterocycles. The van der Waals surface area contributed by atoms with E-state index in [9.17, 15) is 0 Å². The zero-order chi connectivity index (χ0) is 19.6. The van der Waals surface area contributed by atoms with Gasteiger partial charge >= 0.3 is 0 Å². The van der Waals surface area contributed by atoms with E-state index in [-0.39, 0.29) is 6.04 Å². The molecule has 0 aliphatic rings. The molecule has 3 nitrogen and oxygen atoms in total. The molecular weight excluding hydrogens is 346 g/mol. The van der Waals surface area contributed by atoms with Crippen molar-refractivity contribution in [2.24, 2.45) is 0 Å². The first kappa shape index (κ1) is 19.5. The van der Waals surface area contributed by atoms with Crippen LogP contribution in [0.2, 0.25) is 0 Å². The van der Waals surface area contributed by atoms with Gasteiger partial charge in [-0.2, -0.15) is 0 Å². The van der Waals surface area contributed by atoms with E-state index in [0.717, 1.165) is 29.0 Å². The van der Waals surface area contributed by atoms with Crippen LogP contribution in [-0.2, 0) is 13.0 Å². The SMILES string of the molecule is CNC(C#Cc1ccc(OC)cc1)Cc1ccc(OCc2ccccc2)cc1. The lowest BCUT2D eigenvalue weighted by Crippen LogP contribution is -2.25. The summed E-state index contributed by atoms with van der Waals surface area (Å²) < 4.78 is 11.0. The number of benzene rings is 3.